The Morgan fingerprint density at radius 1 is 1.19 bits per heavy atom. The number of hydrogen-bond donors (Lipinski definition) is 1. The summed E-state index contributed by atoms with van der Waals surface area (Å²) in [5.41, 5.74) is 2.11. The third kappa shape index (κ3) is 5.07. The van der Waals surface area contributed by atoms with Gasteiger partial charge >= 0.3 is 0 Å². The number of anilines is 1. The number of methoxy groups -OCH3 is 1. The Hall–Kier alpha value is -2.87. The van der Waals surface area contributed by atoms with E-state index in [4.69, 9.17) is 9.47 Å². The van der Waals surface area contributed by atoms with Crippen molar-refractivity contribution in [2.75, 3.05) is 32.1 Å². The number of piperidine rings is 1. The summed E-state index contributed by atoms with van der Waals surface area (Å²) in [6, 6.07) is 7.25. The number of aryl methyl sites for hydroxylation is 1. The summed E-state index contributed by atoms with van der Waals surface area (Å²) in [5.74, 6) is 1.10. The number of likely N-dealkylation sites (tertiary alicyclic amines) is 1. The molecule has 0 aliphatic carbocycles. The van der Waals surface area contributed by atoms with Gasteiger partial charge in [-0.3, -0.25) is 14.3 Å². The van der Waals surface area contributed by atoms with Crippen LogP contribution in [0.25, 0.3) is 0 Å². The number of carbonyl (C=O) groups excluding carboxylic acids is 2. The molecule has 1 atom stereocenters. The lowest BCUT2D eigenvalue weighted by molar-refractivity contribution is -0.142. The molecule has 3 heterocycles. The van der Waals surface area contributed by atoms with Crippen molar-refractivity contribution in [2.45, 2.75) is 38.2 Å². The number of nitrogens with one attached hydrogen (secondary N) is 1. The van der Waals surface area contributed by atoms with E-state index in [0.29, 0.717) is 23.8 Å². The van der Waals surface area contributed by atoms with Gasteiger partial charge in [0.2, 0.25) is 0 Å². The molecule has 8 heteroatoms. The second kappa shape index (κ2) is 9.51. The van der Waals surface area contributed by atoms with Gasteiger partial charge in [0.25, 0.3) is 11.8 Å². The molecule has 0 radical (unpaired) electrons. The Kier molecular flexibility index (Phi) is 6.56. The summed E-state index contributed by atoms with van der Waals surface area (Å²) in [5, 5.41) is 7.49. The maximum atomic E-state index is 12.9. The summed E-state index contributed by atoms with van der Waals surface area (Å²) in [7, 11) is 3.44. The summed E-state index contributed by atoms with van der Waals surface area (Å²) >= 11 is 0. The van der Waals surface area contributed by atoms with E-state index in [1.54, 1.807) is 18.0 Å². The molecule has 1 N–H and O–H groups in total. The largest absolute Gasteiger partial charge is 0.497 e. The zero-order valence-electron chi connectivity index (χ0n) is 18.2. The highest BCUT2D eigenvalue weighted by Crippen LogP contribution is 2.25. The molecule has 2 fully saturated rings. The van der Waals surface area contributed by atoms with E-state index in [9.17, 15) is 9.59 Å². The quantitative estimate of drug-likeness (QED) is 0.768. The third-order valence-corrected chi connectivity index (χ3v) is 6.11. The Labute approximate surface area is 182 Å². The van der Waals surface area contributed by atoms with Crippen LogP contribution < -0.4 is 10.1 Å². The van der Waals surface area contributed by atoms with Crippen molar-refractivity contribution in [3.8, 4) is 5.75 Å². The first kappa shape index (κ1) is 21.4. The Morgan fingerprint density at radius 2 is 1.94 bits per heavy atom. The number of rotatable bonds is 6. The first-order chi connectivity index (χ1) is 15.0. The van der Waals surface area contributed by atoms with Gasteiger partial charge in [-0.2, -0.15) is 5.10 Å². The van der Waals surface area contributed by atoms with Crippen LogP contribution in [0.4, 0.5) is 5.69 Å². The highest BCUT2D eigenvalue weighted by Gasteiger charge is 2.31. The lowest BCUT2D eigenvalue weighted by Crippen LogP contribution is -2.44. The number of ether oxygens (including phenoxy) is 2. The zero-order chi connectivity index (χ0) is 21.8. The molecular weight excluding hydrogens is 396 g/mol. The van der Waals surface area contributed by atoms with Crippen molar-refractivity contribution < 1.29 is 19.1 Å². The molecule has 1 aromatic heterocycles. The number of hydrogen-bond acceptors (Lipinski definition) is 5. The molecule has 2 saturated heterocycles. The minimum atomic E-state index is -0.249. The minimum absolute atomic E-state index is 0.133. The first-order valence-electron chi connectivity index (χ1n) is 10.9. The van der Waals surface area contributed by atoms with E-state index in [2.05, 4.69) is 10.4 Å². The van der Waals surface area contributed by atoms with Crippen molar-refractivity contribution >= 4 is 17.5 Å². The average Bonchev–Trinajstić information content (AvgIpc) is 3.44. The molecular formula is C23H30N4O4. The van der Waals surface area contributed by atoms with E-state index in [1.165, 1.54) is 0 Å². The molecule has 1 aromatic carbocycles. The Balaban J connectivity index is 1.35. The monoisotopic (exact) mass is 426 g/mol. The van der Waals surface area contributed by atoms with Crippen molar-refractivity contribution in [1.82, 2.24) is 14.7 Å². The fourth-order valence-corrected chi connectivity index (χ4v) is 4.35. The van der Waals surface area contributed by atoms with Crippen LogP contribution in [0.3, 0.4) is 0 Å². The van der Waals surface area contributed by atoms with Crippen molar-refractivity contribution in [3.63, 3.8) is 0 Å². The molecule has 166 valence electrons. The van der Waals surface area contributed by atoms with Gasteiger partial charge in [-0.15, -0.1) is 0 Å². The fourth-order valence-electron chi connectivity index (χ4n) is 4.35. The number of nitrogens with zero attached hydrogens (tertiary/aromatic N) is 3. The molecule has 2 aliphatic rings. The Bertz CT molecular complexity index is 910. The molecule has 4 rings (SSSR count). The summed E-state index contributed by atoms with van der Waals surface area (Å²) in [6.07, 6.45) is 5.87. The highest BCUT2D eigenvalue weighted by atomic mass is 16.5. The van der Waals surface area contributed by atoms with Gasteiger partial charge in [-0.05, 0) is 62.3 Å². The highest BCUT2D eigenvalue weighted by molar-refractivity contribution is 6.05. The van der Waals surface area contributed by atoms with Crippen LogP contribution in [0.5, 0.6) is 5.75 Å². The van der Waals surface area contributed by atoms with Crippen LogP contribution in [0.15, 0.2) is 30.5 Å². The normalized spacial score (nSPS) is 19.4. The first-order valence-corrected chi connectivity index (χ1v) is 10.9. The topological polar surface area (TPSA) is 85.7 Å². The van der Waals surface area contributed by atoms with Crippen molar-refractivity contribution in [2.24, 2.45) is 13.0 Å². The maximum Gasteiger partial charge on any atom is 0.259 e. The van der Waals surface area contributed by atoms with Crippen LogP contribution in [0.2, 0.25) is 0 Å². The van der Waals surface area contributed by atoms with Gasteiger partial charge in [-0.1, -0.05) is 0 Å². The number of aromatic nitrogens is 2. The predicted octanol–water partition coefficient (Wildman–Crippen LogP) is 2.64. The van der Waals surface area contributed by atoms with Gasteiger partial charge < -0.3 is 19.7 Å². The van der Waals surface area contributed by atoms with Gasteiger partial charge in [-0.25, -0.2) is 0 Å². The SMILES string of the molecule is COc1ccc(NC(=O)c2cn(C)nc2CC2CCN(C(=O)[C@H]3CCCO3)CC2)cc1. The number of benzene rings is 1. The average molecular weight is 427 g/mol. The van der Waals surface area contributed by atoms with Crippen LogP contribution in [-0.2, 0) is 23.0 Å². The van der Waals surface area contributed by atoms with E-state index < -0.39 is 0 Å². The van der Waals surface area contributed by atoms with Crippen LogP contribution in [0.1, 0.15) is 41.7 Å². The molecule has 2 amide bonds. The predicted molar refractivity (Wildman–Crippen MR) is 116 cm³/mol. The van der Waals surface area contributed by atoms with Crippen molar-refractivity contribution in [3.05, 3.63) is 41.7 Å². The number of amides is 2. The molecule has 2 aliphatic heterocycles. The molecule has 2 aromatic rings. The summed E-state index contributed by atoms with van der Waals surface area (Å²) in [4.78, 5) is 27.4. The van der Waals surface area contributed by atoms with Gasteiger partial charge in [0.1, 0.15) is 11.9 Å². The van der Waals surface area contributed by atoms with Crippen LogP contribution >= 0.6 is 0 Å². The molecule has 31 heavy (non-hydrogen) atoms. The lowest BCUT2D eigenvalue weighted by Gasteiger charge is -2.33. The summed E-state index contributed by atoms with van der Waals surface area (Å²) < 4.78 is 12.4. The van der Waals surface area contributed by atoms with Gasteiger partial charge in [0.15, 0.2) is 0 Å². The zero-order valence-corrected chi connectivity index (χ0v) is 18.2. The second-order valence-corrected chi connectivity index (χ2v) is 8.32. The van der Waals surface area contributed by atoms with Crippen LogP contribution in [0, 0.1) is 5.92 Å². The third-order valence-electron chi connectivity index (χ3n) is 6.11. The Morgan fingerprint density at radius 3 is 2.58 bits per heavy atom. The van der Waals surface area contributed by atoms with Gasteiger partial charge in [0, 0.05) is 38.6 Å². The smallest absolute Gasteiger partial charge is 0.259 e. The molecule has 0 bridgehead atoms. The lowest BCUT2D eigenvalue weighted by atomic mass is 9.91. The van der Waals surface area contributed by atoms with E-state index in [-0.39, 0.29) is 17.9 Å². The maximum absolute atomic E-state index is 12.9. The van der Waals surface area contributed by atoms with E-state index in [0.717, 1.165) is 56.6 Å². The fraction of sp³-hybridized carbons (Fsp3) is 0.522. The van der Waals surface area contributed by atoms with E-state index >= 15 is 0 Å². The molecule has 8 nitrogen and oxygen atoms in total. The molecule has 0 spiro atoms. The second-order valence-electron chi connectivity index (χ2n) is 8.32. The molecule has 0 unspecified atom stereocenters. The van der Waals surface area contributed by atoms with Crippen molar-refractivity contribution in [1.29, 1.82) is 0 Å². The minimum Gasteiger partial charge on any atom is -0.497 e. The number of carbonyl (C=O) groups is 2. The standard InChI is InChI=1S/C23H30N4O4/c1-26-15-19(22(28)24-17-5-7-18(30-2)8-6-17)20(25-26)14-16-9-11-27(12-10-16)23(29)21-4-3-13-31-21/h5-8,15-16,21H,3-4,9-14H2,1-2H3,(H,24,28)/t21-/m1/s1. The van der Waals surface area contributed by atoms with E-state index in [1.807, 2.05) is 36.2 Å². The van der Waals surface area contributed by atoms with Crippen LogP contribution in [-0.4, -0.2) is 59.4 Å². The summed E-state index contributed by atoms with van der Waals surface area (Å²) in [6.45, 7) is 2.17. The van der Waals surface area contributed by atoms with Gasteiger partial charge in [0.05, 0.1) is 18.4 Å². The molecule has 0 saturated carbocycles.